The molecule has 1 amide bonds. The van der Waals surface area contributed by atoms with Gasteiger partial charge in [0.05, 0.1) is 43.2 Å². The maximum Gasteiger partial charge on any atom is 0.387 e. The number of aromatic nitrogens is 3. The number of carbonyl (C=O) groups excluding carboxylic acids is 1. The first-order valence-corrected chi connectivity index (χ1v) is 10.6. The van der Waals surface area contributed by atoms with Gasteiger partial charge in [-0.05, 0) is 19.9 Å². The molecule has 174 valence electrons. The first-order valence-electron chi connectivity index (χ1n) is 10.6. The van der Waals surface area contributed by atoms with E-state index in [0.29, 0.717) is 32.0 Å². The van der Waals surface area contributed by atoms with Crippen molar-refractivity contribution in [3.8, 4) is 11.5 Å². The standard InChI is InChI=1S/C22H23F2N5O4/c1-22(2)9-13-7-16(17(8-18(13)33-22)28-3-5-31-6-4-28)27-20(30)15-11-26-29-12-14(32-21(23)24)10-25-19(15)29/h7-8,10-12,21H,3-6,9H2,1-2H3,(H,27,30). The van der Waals surface area contributed by atoms with Crippen molar-refractivity contribution in [2.24, 2.45) is 0 Å². The van der Waals surface area contributed by atoms with Gasteiger partial charge in [0.15, 0.2) is 11.4 Å². The molecule has 5 rings (SSSR count). The van der Waals surface area contributed by atoms with E-state index in [1.165, 1.54) is 16.9 Å². The Morgan fingerprint density at radius 1 is 1.24 bits per heavy atom. The molecule has 0 unspecified atom stereocenters. The molecule has 0 atom stereocenters. The minimum absolute atomic E-state index is 0.150. The van der Waals surface area contributed by atoms with E-state index in [1.807, 2.05) is 26.0 Å². The van der Waals surface area contributed by atoms with E-state index in [9.17, 15) is 13.6 Å². The summed E-state index contributed by atoms with van der Waals surface area (Å²) in [5.41, 5.74) is 2.63. The number of amides is 1. The lowest BCUT2D eigenvalue weighted by Crippen LogP contribution is -2.36. The Labute approximate surface area is 188 Å². The fraction of sp³-hybridized carbons (Fsp3) is 0.409. The molecule has 9 nitrogen and oxygen atoms in total. The zero-order valence-corrected chi connectivity index (χ0v) is 18.2. The van der Waals surface area contributed by atoms with E-state index in [1.54, 1.807) is 0 Å². The summed E-state index contributed by atoms with van der Waals surface area (Å²) in [6, 6.07) is 3.91. The number of rotatable bonds is 5. The summed E-state index contributed by atoms with van der Waals surface area (Å²) in [5, 5.41) is 7.04. The molecule has 4 heterocycles. The van der Waals surface area contributed by atoms with Gasteiger partial charge >= 0.3 is 6.61 Å². The van der Waals surface area contributed by atoms with Crippen LogP contribution in [0.2, 0.25) is 0 Å². The number of benzene rings is 1. The zero-order valence-electron chi connectivity index (χ0n) is 18.2. The first kappa shape index (κ1) is 21.4. The van der Waals surface area contributed by atoms with E-state index in [0.717, 1.165) is 29.6 Å². The van der Waals surface area contributed by atoms with Crippen LogP contribution >= 0.6 is 0 Å². The third kappa shape index (κ3) is 4.28. The lowest BCUT2D eigenvalue weighted by molar-refractivity contribution is -0.0504. The number of carbonyl (C=O) groups is 1. The summed E-state index contributed by atoms with van der Waals surface area (Å²) < 4.78 is 42.1. The molecule has 2 aliphatic rings. The van der Waals surface area contributed by atoms with Crippen LogP contribution < -0.4 is 19.7 Å². The van der Waals surface area contributed by atoms with Crippen LogP contribution in [0, 0.1) is 0 Å². The number of hydrogen-bond donors (Lipinski definition) is 1. The Morgan fingerprint density at radius 3 is 2.79 bits per heavy atom. The molecule has 0 spiro atoms. The molecule has 33 heavy (non-hydrogen) atoms. The Kier molecular flexibility index (Phi) is 5.28. The van der Waals surface area contributed by atoms with Gasteiger partial charge in [-0.25, -0.2) is 9.50 Å². The third-order valence-corrected chi connectivity index (χ3v) is 5.58. The molecule has 2 aliphatic heterocycles. The van der Waals surface area contributed by atoms with Crippen molar-refractivity contribution in [2.45, 2.75) is 32.5 Å². The molecule has 0 bridgehead atoms. The van der Waals surface area contributed by atoms with Crippen molar-refractivity contribution >= 4 is 22.9 Å². The van der Waals surface area contributed by atoms with E-state index in [4.69, 9.17) is 9.47 Å². The number of nitrogens with one attached hydrogen (secondary N) is 1. The smallest absolute Gasteiger partial charge is 0.387 e. The number of hydrogen-bond acceptors (Lipinski definition) is 7. The van der Waals surface area contributed by atoms with Gasteiger partial charge < -0.3 is 24.4 Å². The lowest BCUT2D eigenvalue weighted by atomic mass is 10.0. The molecule has 0 aliphatic carbocycles. The topological polar surface area (TPSA) is 90.2 Å². The Morgan fingerprint density at radius 2 is 2.03 bits per heavy atom. The SMILES string of the molecule is CC1(C)Cc2cc(NC(=O)c3cnn4cc(OC(F)F)cnc34)c(N3CCOCC3)cc2O1. The molecule has 2 aromatic heterocycles. The molecule has 1 fully saturated rings. The summed E-state index contributed by atoms with van der Waals surface area (Å²) in [6.45, 7) is 3.64. The molecule has 11 heteroatoms. The maximum absolute atomic E-state index is 13.2. The number of ether oxygens (including phenoxy) is 3. The quantitative estimate of drug-likeness (QED) is 0.627. The summed E-state index contributed by atoms with van der Waals surface area (Å²) >= 11 is 0. The van der Waals surface area contributed by atoms with Crippen LogP contribution in [0.15, 0.2) is 30.7 Å². The zero-order chi connectivity index (χ0) is 23.2. The fourth-order valence-electron chi connectivity index (χ4n) is 4.18. The van der Waals surface area contributed by atoms with E-state index in [2.05, 4.69) is 25.0 Å². The highest BCUT2D eigenvalue weighted by Gasteiger charge is 2.32. The number of morpholine rings is 1. The van der Waals surface area contributed by atoms with Crippen LogP contribution in [0.1, 0.15) is 29.8 Å². The second-order valence-corrected chi connectivity index (χ2v) is 8.56. The largest absolute Gasteiger partial charge is 0.487 e. The second-order valence-electron chi connectivity index (χ2n) is 8.56. The molecule has 1 N–H and O–H groups in total. The molecule has 0 radical (unpaired) electrons. The van der Waals surface area contributed by atoms with Crippen LogP contribution in [0.3, 0.4) is 0 Å². The van der Waals surface area contributed by atoms with E-state index < -0.39 is 12.5 Å². The third-order valence-electron chi connectivity index (χ3n) is 5.58. The van der Waals surface area contributed by atoms with Crippen molar-refractivity contribution in [1.82, 2.24) is 14.6 Å². The highest BCUT2D eigenvalue weighted by molar-refractivity contribution is 6.09. The average Bonchev–Trinajstić information content (AvgIpc) is 3.31. The monoisotopic (exact) mass is 459 g/mol. The van der Waals surface area contributed by atoms with Crippen molar-refractivity contribution in [3.63, 3.8) is 0 Å². The Balaban J connectivity index is 1.46. The minimum Gasteiger partial charge on any atom is -0.487 e. The molecule has 0 saturated carbocycles. The average molecular weight is 459 g/mol. The van der Waals surface area contributed by atoms with Crippen LogP contribution in [-0.4, -0.2) is 59.0 Å². The number of halogens is 2. The second kappa shape index (κ2) is 8.14. The lowest BCUT2D eigenvalue weighted by Gasteiger charge is -2.31. The van der Waals surface area contributed by atoms with Crippen molar-refractivity contribution < 1.29 is 27.8 Å². The highest BCUT2D eigenvalue weighted by atomic mass is 19.3. The molecular weight excluding hydrogens is 436 g/mol. The fourth-order valence-corrected chi connectivity index (χ4v) is 4.18. The van der Waals surface area contributed by atoms with Gasteiger partial charge in [-0.2, -0.15) is 13.9 Å². The summed E-state index contributed by atoms with van der Waals surface area (Å²) in [4.78, 5) is 19.4. The number of fused-ring (bicyclic) bond motifs is 2. The summed E-state index contributed by atoms with van der Waals surface area (Å²) in [5.74, 6) is 0.250. The number of nitrogens with zero attached hydrogens (tertiary/aromatic N) is 4. The molecule has 1 aromatic carbocycles. The molecule has 3 aromatic rings. The predicted molar refractivity (Wildman–Crippen MR) is 115 cm³/mol. The van der Waals surface area contributed by atoms with Gasteiger partial charge in [0.2, 0.25) is 0 Å². The van der Waals surface area contributed by atoms with Crippen LogP contribution in [0.5, 0.6) is 11.5 Å². The van der Waals surface area contributed by atoms with Gasteiger partial charge in [-0.1, -0.05) is 0 Å². The van der Waals surface area contributed by atoms with Crippen LogP contribution in [0.25, 0.3) is 5.65 Å². The van der Waals surface area contributed by atoms with Crippen LogP contribution in [0.4, 0.5) is 20.2 Å². The number of alkyl halides is 2. The van der Waals surface area contributed by atoms with Gasteiger partial charge in [-0.15, -0.1) is 0 Å². The number of anilines is 2. The van der Waals surface area contributed by atoms with Gasteiger partial charge in [0.25, 0.3) is 5.91 Å². The van der Waals surface area contributed by atoms with E-state index >= 15 is 0 Å². The Bertz CT molecular complexity index is 1210. The molecular formula is C22H23F2N5O4. The summed E-state index contributed by atoms with van der Waals surface area (Å²) in [7, 11) is 0. The normalized spacial score (nSPS) is 17.2. The predicted octanol–water partition coefficient (Wildman–Crippen LogP) is 3.13. The molecule has 1 saturated heterocycles. The van der Waals surface area contributed by atoms with Crippen molar-refractivity contribution in [2.75, 3.05) is 36.5 Å². The van der Waals surface area contributed by atoms with Gasteiger partial charge in [-0.3, -0.25) is 4.79 Å². The van der Waals surface area contributed by atoms with Crippen LogP contribution in [-0.2, 0) is 11.2 Å². The minimum atomic E-state index is -2.98. The van der Waals surface area contributed by atoms with E-state index in [-0.39, 0.29) is 22.6 Å². The van der Waals surface area contributed by atoms with Gasteiger partial charge in [0, 0.05) is 31.1 Å². The van der Waals surface area contributed by atoms with Crippen molar-refractivity contribution in [3.05, 3.63) is 41.9 Å². The Hall–Kier alpha value is -3.47. The summed E-state index contributed by atoms with van der Waals surface area (Å²) in [6.07, 6.45) is 4.45. The van der Waals surface area contributed by atoms with Crippen molar-refractivity contribution in [1.29, 1.82) is 0 Å². The van der Waals surface area contributed by atoms with Gasteiger partial charge in [0.1, 0.15) is 16.9 Å². The first-order chi connectivity index (χ1) is 15.8. The highest BCUT2D eigenvalue weighted by Crippen LogP contribution is 2.42. The maximum atomic E-state index is 13.2.